The molecule has 2 fully saturated rings. The lowest BCUT2D eigenvalue weighted by molar-refractivity contribution is -0.120. The Bertz CT molecular complexity index is 1480. The number of rotatable bonds is 6. The number of amides is 3. The minimum absolute atomic E-state index is 0.0460. The van der Waals surface area contributed by atoms with Crippen molar-refractivity contribution in [3.63, 3.8) is 0 Å². The molecule has 7 heteroatoms. The highest BCUT2D eigenvalue weighted by Gasteiger charge is 2.36. The van der Waals surface area contributed by atoms with Gasteiger partial charge in [0.25, 0.3) is 5.91 Å². The van der Waals surface area contributed by atoms with Gasteiger partial charge in [-0.05, 0) is 101 Å². The Kier molecular flexibility index (Phi) is 8.27. The Balaban J connectivity index is 1.44. The quantitative estimate of drug-likeness (QED) is 0.359. The predicted molar refractivity (Wildman–Crippen MR) is 164 cm³/mol. The Morgan fingerprint density at radius 1 is 0.756 bits per heavy atom. The van der Waals surface area contributed by atoms with Gasteiger partial charge in [-0.15, -0.1) is 0 Å². The first-order chi connectivity index (χ1) is 19.7. The first-order valence-electron chi connectivity index (χ1n) is 14.6. The van der Waals surface area contributed by atoms with Gasteiger partial charge in [0.1, 0.15) is 6.04 Å². The van der Waals surface area contributed by atoms with Crippen LogP contribution in [-0.2, 0) is 9.59 Å². The number of hydrogen-bond acceptors (Lipinski definition) is 4. The van der Waals surface area contributed by atoms with Crippen LogP contribution in [0.15, 0.2) is 48.5 Å². The van der Waals surface area contributed by atoms with Crippen LogP contribution in [0.25, 0.3) is 11.1 Å². The van der Waals surface area contributed by atoms with Crippen LogP contribution < -0.4 is 16.0 Å². The Morgan fingerprint density at radius 3 is 1.90 bits per heavy atom. The molecule has 3 N–H and O–H groups in total. The molecule has 2 aliphatic heterocycles. The van der Waals surface area contributed by atoms with Gasteiger partial charge in [0, 0.05) is 34.6 Å². The fourth-order valence-electron chi connectivity index (χ4n) is 6.50. The standard InChI is InChI=1S/C34H40N4O3/c1-20-18-23(4)29(24(5)19-20)34(41)38-17-9-15-28(38)33(40)37-26-13-7-11-22(3)31(26)30-21(2)10-6-12-25(30)36-32(39)27-14-8-16-35-27/h6-7,10-13,18-19,27-28,35H,8-9,14-17H2,1-5H3,(H,36,39)(H,37,40)/t27-,28-/m0/s1. The van der Waals surface area contributed by atoms with Crippen LogP contribution in [0.1, 0.15) is 63.9 Å². The monoisotopic (exact) mass is 552 g/mol. The van der Waals surface area contributed by atoms with Crippen LogP contribution in [-0.4, -0.2) is 47.8 Å². The largest absolute Gasteiger partial charge is 0.327 e. The minimum Gasteiger partial charge on any atom is -0.327 e. The molecule has 2 heterocycles. The van der Waals surface area contributed by atoms with Gasteiger partial charge in [-0.3, -0.25) is 14.4 Å². The summed E-state index contributed by atoms with van der Waals surface area (Å²) in [4.78, 5) is 42.3. The second-order valence-electron chi connectivity index (χ2n) is 11.6. The smallest absolute Gasteiger partial charge is 0.255 e. The molecule has 2 aliphatic rings. The summed E-state index contributed by atoms with van der Waals surface area (Å²) in [5.41, 5.74) is 8.79. The minimum atomic E-state index is -0.555. The third-order valence-corrected chi connectivity index (χ3v) is 8.40. The van der Waals surface area contributed by atoms with Crippen molar-refractivity contribution in [1.82, 2.24) is 10.2 Å². The van der Waals surface area contributed by atoms with Crippen molar-refractivity contribution in [3.8, 4) is 11.1 Å². The first-order valence-corrected chi connectivity index (χ1v) is 14.6. The zero-order valence-electron chi connectivity index (χ0n) is 24.7. The molecule has 214 valence electrons. The van der Waals surface area contributed by atoms with Crippen molar-refractivity contribution in [2.45, 2.75) is 72.4 Å². The summed E-state index contributed by atoms with van der Waals surface area (Å²) in [7, 11) is 0. The van der Waals surface area contributed by atoms with Crippen LogP contribution in [0.4, 0.5) is 11.4 Å². The van der Waals surface area contributed by atoms with E-state index in [9.17, 15) is 14.4 Å². The molecule has 3 aromatic carbocycles. The summed E-state index contributed by atoms with van der Waals surface area (Å²) in [6.07, 6.45) is 3.19. The summed E-state index contributed by atoms with van der Waals surface area (Å²) in [5.74, 6) is -0.332. The molecular weight excluding hydrogens is 512 g/mol. The number of nitrogens with zero attached hydrogens (tertiary/aromatic N) is 1. The van der Waals surface area contributed by atoms with E-state index in [4.69, 9.17) is 0 Å². The average molecular weight is 553 g/mol. The van der Waals surface area contributed by atoms with Crippen LogP contribution in [0, 0.1) is 34.6 Å². The Hall–Kier alpha value is -3.97. The molecule has 2 atom stereocenters. The Labute approximate surface area is 242 Å². The molecule has 41 heavy (non-hydrogen) atoms. The van der Waals surface area contributed by atoms with E-state index in [-0.39, 0.29) is 23.8 Å². The van der Waals surface area contributed by atoms with E-state index in [1.165, 1.54) is 0 Å². The van der Waals surface area contributed by atoms with Gasteiger partial charge in [-0.25, -0.2) is 0 Å². The van der Waals surface area contributed by atoms with E-state index in [2.05, 4.69) is 16.0 Å². The number of carbonyl (C=O) groups is 3. The molecule has 2 saturated heterocycles. The number of anilines is 2. The van der Waals surface area contributed by atoms with Gasteiger partial charge >= 0.3 is 0 Å². The summed E-state index contributed by atoms with van der Waals surface area (Å²) in [5, 5.41) is 9.58. The highest BCUT2D eigenvalue weighted by Crippen LogP contribution is 2.39. The number of nitrogens with one attached hydrogen (secondary N) is 3. The first kappa shape index (κ1) is 28.6. The van der Waals surface area contributed by atoms with E-state index in [0.29, 0.717) is 24.2 Å². The molecule has 3 aromatic rings. The summed E-state index contributed by atoms with van der Waals surface area (Å²) in [6.45, 7) is 11.4. The SMILES string of the molecule is Cc1cc(C)c(C(=O)N2CCC[C@H]2C(=O)Nc2cccc(C)c2-c2c(C)cccc2NC(=O)[C@@H]2CCCN2)c(C)c1. The molecule has 0 spiro atoms. The van der Waals surface area contributed by atoms with Gasteiger partial charge in [-0.2, -0.15) is 0 Å². The molecule has 7 nitrogen and oxygen atoms in total. The molecule has 0 aliphatic carbocycles. The maximum absolute atomic E-state index is 13.8. The number of aryl methyl sites for hydroxylation is 5. The van der Waals surface area contributed by atoms with E-state index in [1.807, 2.05) is 83.1 Å². The van der Waals surface area contributed by atoms with Crippen LogP contribution in [0.3, 0.4) is 0 Å². The summed E-state index contributed by atoms with van der Waals surface area (Å²) >= 11 is 0. The van der Waals surface area contributed by atoms with Crippen LogP contribution in [0.2, 0.25) is 0 Å². The number of benzene rings is 3. The van der Waals surface area contributed by atoms with Crippen LogP contribution >= 0.6 is 0 Å². The molecule has 0 bridgehead atoms. The van der Waals surface area contributed by atoms with Gasteiger partial charge in [0.2, 0.25) is 11.8 Å². The fourth-order valence-corrected chi connectivity index (χ4v) is 6.50. The lowest BCUT2D eigenvalue weighted by atomic mass is 9.93. The summed E-state index contributed by atoms with van der Waals surface area (Å²) < 4.78 is 0. The lowest BCUT2D eigenvalue weighted by Gasteiger charge is -2.26. The van der Waals surface area contributed by atoms with Crippen molar-refractivity contribution in [3.05, 3.63) is 81.9 Å². The molecular formula is C34H40N4O3. The van der Waals surface area contributed by atoms with E-state index in [1.54, 1.807) is 4.90 Å². The van der Waals surface area contributed by atoms with Gasteiger partial charge in [0.05, 0.1) is 6.04 Å². The van der Waals surface area contributed by atoms with E-state index in [0.717, 1.165) is 70.4 Å². The van der Waals surface area contributed by atoms with E-state index < -0.39 is 6.04 Å². The average Bonchev–Trinajstić information content (AvgIpc) is 3.62. The maximum atomic E-state index is 13.8. The molecule has 5 rings (SSSR count). The highest BCUT2D eigenvalue weighted by molar-refractivity contribution is 6.06. The number of carbonyl (C=O) groups excluding carboxylic acids is 3. The molecule has 0 radical (unpaired) electrons. The van der Waals surface area contributed by atoms with Gasteiger partial charge in [0.15, 0.2) is 0 Å². The zero-order valence-corrected chi connectivity index (χ0v) is 24.7. The highest BCUT2D eigenvalue weighted by atomic mass is 16.2. The van der Waals surface area contributed by atoms with Crippen molar-refractivity contribution in [1.29, 1.82) is 0 Å². The normalized spacial score (nSPS) is 18.4. The maximum Gasteiger partial charge on any atom is 0.255 e. The number of likely N-dealkylation sites (tertiary alicyclic amines) is 1. The molecule has 0 unspecified atom stereocenters. The molecule has 0 saturated carbocycles. The number of hydrogen-bond donors (Lipinski definition) is 3. The third kappa shape index (κ3) is 5.77. The van der Waals surface area contributed by atoms with Gasteiger partial charge in [-0.1, -0.05) is 42.0 Å². The zero-order chi connectivity index (χ0) is 29.3. The van der Waals surface area contributed by atoms with Crippen molar-refractivity contribution < 1.29 is 14.4 Å². The molecule has 3 amide bonds. The van der Waals surface area contributed by atoms with E-state index >= 15 is 0 Å². The third-order valence-electron chi connectivity index (χ3n) is 8.40. The van der Waals surface area contributed by atoms with Crippen molar-refractivity contribution >= 4 is 29.1 Å². The van der Waals surface area contributed by atoms with Crippen LogP contribution in [0.5, 0.6) is 0 Å². The van der Waals surface area contributed by atoms with Crippen molar-refractivity contribution in [2.75, 3.05) is 23.7 Å². The predicted octanol–water partition coefficient (Wildman–Crippen LogP) is 5.83. The lowest BCUT2D eigenvalue weighted by Crippen LogP contribution is -2.43. The second-order valence-corrected chi connectivity index (χ2v) is 11.6. The topological polar surface area (TPSA) is 90.5 Å². The van der Waals surface area contributed by atoms with Gasteiger partial charge < -0.3 is 20.9 Å². The van der Waals surface area contributed by atoms with Crippen molar-refractivity contribution in [2.24, 2.45) is 0 Å². The molecule has 0 aromatic heterocycles. The summed E-state index contributed by atoms with van der Waals surface area (Å²) in [6, 6.07) is 15.0. The fraction of sp³-hybridized carbons (Fsp3) is 0.382. The Morgan fingerprint density at radius 2 is 1.34 bits per heavy atom. The second kappa shape index (κ2) is 11.9.